The van der Waals surface area contributed by atoms with E-state index in [-0.39, 0.29) is 6.42 Å². The number of nitrogens with one attached hydrogen (secondary N) is 1. The second-order valence-electron chi connectivity index (χ2n) is 20.0. The van der Waals surface area contributed by atoms with Crippen molar-refractivity contribution in [1.82, 2.24) is 5.32 Å². The summed E-state index contributed by atoms with van der Waals surface area (Å²) in [6.45, 7) is 3.33. The first-order chi connectivity index (χ1) is 32.4. The number of hydrogen-bond donors (Lipinski definition) is 7. The van der Waals surface area contributed by atoms with Crippen molar-refractivity contribution in [2.45, 2.75) is 320 Å². The Bertz CT molecular complexity index is 1210. The molecule has 0 saturated carbocycles. The van der Waals surface area contributed by atoms with Crippen molar-refractivity contribution in [3.63, 3.8) is 0 Å². The standard InChI is InChI=1S/C53H105NO12S/c1-3-5-7-9-11-13-15-17-19-21-22-23-24-25-26-28-30-32-34-36-38-40-42-47(57)52(60)54-45(44-64-53-50(59)51(66-67(61,62)63)49(58)48(43-55)65-53)46(56)41-39-37-35-33-31-29-27-20-18-16-14-12-10-8-6-4-2/h45-51,53,55-59H,3-44H2,1-2H3,(H,54,60)(H,61,62,63). The van der Waals surface area contributed by atoms with Gasteiger partial charge in [-0.15, -0.1) is 0 Å². The molecule has 67 heavy (non-hydrogen) atoms. The lowest BCUT2D eigenvalue weighted by Gasteiger charge is -2.41. The predicted octanol–water partition coefficient (Wildman–Crippen LogP) is 11.5. The van der Waals surface area contributed by atoms with Gasteiger partial charge in [-0.25, -0.2) is 4.18 Å². The van der Waals surface area contributed by atoms with Crippen LogP contribution in [0, 0.1) is 0 Å². The number of unbranched alkanes of at least 4 members (excludes halogenated alkanes) is 36. The van der Waals surface area contributed by atoms with Gasteiger partial charge >= 0.3 is 10.4 Å². The number of rotatable bonds is 49. The van der Waals surface area contributed by atoms with E-state index in [0.717, 1.165) is 38.5 Å². The average molecular weight is 980 g/mol. The van der Waals surface area contributed by atoms with Crippen molar-refractivity contribution in [3.8, 4) is 0 Å². The Morgan fingerprint density at radius 3 is 1.19 bits per heavy atom. The summed E-state index contributed by atoms with van der Waals surface area (Å²) in [6, 6.07) is -1.03. The van der Waals surface area contributed by atoms with Crippen LogP contribution in [0.3, 0.4) is 0 Å². The number of amides is 1. The highest BCUT2D eigenvalue weighted by atomic mass is 32.3. The Labute approximate surface area is 410 Å². The lowest BCUT2D eigenvalue weighted by atomic mass is 9.99. The van der Waals surface area contributed by atoms with Crippen LogP contribution in [0.1, 0.15) is 271 Å². The first-order valence-corrected chi connectivity index (χ1v) is 29.4. The third kappa shape index (κ3) is 35.8. The van der Waals surface area contributed by atoms with Crippen molar-refractivity contribution < 1.29 is 57.0 Å². The molecule has 1 saturated heterocycles. The molecule has 0 radical (unpaired) electrons. The summed E-state index contributed by atoms with van der Waals surface area (Å²) in [6.07, 6.45) is 37.1. The number of aliphatic hydroxyl groups excluding tert-OH is 5. The van der Waals surface area contributed by atoms with Crippen molar-refractivity contribution in [2.75, 3.05) is 13.2 Å². The van der Waals surface area contributed by atoms with Gasteiger partial charge in [0.25, 0.3) is 0 Å². The minimum atomic E-state index is -5.11. The van der Waals surface area contributed by atoms with Crippen LogP contribution in [-0.4, -0.2) is 107 Å². The second-order valence-corrected chi connectivity index (χ2v) is 21.1. The number of ether oxygens (including phenoxy) is 2. The second kappa shape index (κ2) is 43.8. The molecular weight excluding hydrogens is 875 g/mol. The highest BCUT2D eigenvalue weighted by Crippen LogP contribution is 2.26. The number of hydrogen-bond acceptors (Lipinski definition) is 11. The fourth-order valence-corrected chi connectivity index (χ4v) is 9.86. The van der Waals surface area contributed by atoms with Crippen LogP contribution in [-0.2, 0) is 28.9 Å². The molecule has 0 aromatic carbocycles. The smallest absolute Gasteiger partial charge is 0.394 e. The molecule has 8 atom stereocenters. The first-order valence-electron chi connectivity index (χ1n) is 28.0. The molecule has 14 heteroatoms. The molecule has 8 unspecified atom stereocenters. The summed E-state index contributed by atoms with van der Waals surface area (Å²) in [7, 11) is -5.11. The molecular formula is C53H105NO12S. The normalized spacial score (nSPS) is 20.3. The number of carbonyl (C=O) groups excluding carboxylic acids is 1. The number of aliphatic hydroxyl groups is 5. The van der Waals surface area contributed by atoms with Crippen LogP contribution in [0.25, 0.3) is 0 Å². The molecule has 1 fully saturated rings. The van der Waals surface area contributed by atoms with Gasteiger partial charge in [0.05, 0.1) is 25.4 Å². The maximum Gasteiger partial charge on any atom is 0.397 e. The van der Waals surface area contributed by atoms with Gasteiger partial charge in [0.15, 0.2) is 6.29 Å². The van der Waals surface area contributed by atoms with E-state index in [1.54, 1.807) is 0 Å². The fraction of sp³-hybridized carbons (Fsp3) is 0.981. The molecule has 1 heterocycles. The zero-order valence-corrected chi connectivity index (χ0v) is 43.7. The quantitative estimate of drug-likeness (QED) is 0.0224. The highest BCUT2D eigenvalue weighted by Gasteiger charge is 2.48. The Kier molecular flexibility index (Phi) is 41.9. The topological polar surface area (TPSA) is 212 Å². The van der Waals surface area contributed by atoms with Crippen LogP contribution in [0.5, 0.6) is 0 Å². The van der Waals surface area contributed by atoms with E-state index in [4.69, 9.17) is 9.47 Å². The Balaban J connectivity index is 2.40. The summed E-state index contributed by atoms with van der Waals surface area (Å²) >= 11 is 0. The SMILES string of the molecule is CCCCCCCCCCCCCCCCCCCCCCCCC(O)C(=O)NC(COC1OC(CO)C(O)C(OS(=O)(=O)O)C1O)C(O)CCCCCCCCCCCCCCCCCC. The van der Waals surface area contributed by atoms with E-state index in [1.165, 1.54) is 193 Å². The molecule has 1 aliphatic heterocycles. The van der Waals surface area contributed by atoms with Crippen LogP contribution < -0.4 is 5.32 Å². The third-order valence-corrected chi connectivity index (χ3v) is 14.2. The minimum absolute atomic E-state index is 0.267. The van der Waals surface area contributed by atoms with Gasteiger partial charge in [0.2, 0.25) is 5.91 Å². The van der Waals surface area contributed by atoms with Gasteiger partial charge in [-0.1, -0.05) is 258 Å². The molecule has 7 N–H and O–H groups in total. The van der Waals surface area contributed by atoms with E-state index in [2.05, 4.69) is 23.3 Å². The van der Waals surface area contributed by atoms with Gasteiger partial charge < -0.3 is 40.3 Å². The summed E-state index contributed by atoms with van der Waals surface area (Å²) in [4.78, 5) is 13.2. The molecule has 0 aromatic rings. The predicted molar refractivity (Wildman–Crippen MR) is 270 cm³/mol. The fourth-order valence-electron chi connectivity index (χ4n) is 9.35. The van der Waals surface area contributed by atoms with Gasteiger partial charge in [0.1, 0.15) is 30.5 Å². The molecule has 0 bridgehead atoms. The lowest BCUT2D eigenvalue weighted by molar-refractivity contribution is -0.298. The highest BCUT2D eigenvalue weighted by molar-refractivity contribution is 7.80. The van der Waals surface area contributed by atoms with Crippen LogP contribution in [0.15, 0.2) is 0 Å². The Hall–Kier alpha value is -0.940. The van der Waals surface area contributed by atoms with Crippen LogP contribution >= 0.6 is 0 Å². The largest absolute Gasteiger partial charge is 0.397 e. The molecule has 1 rings (SSSR count). The molecule has 0 aromatic heterocycles. The summed E-state index contributed by atoms with van der Waals surface area (Å²) in [5, 5.41) is 55.6. The Morgan fingerprint density at radius 2 is 0.866 bits per heavy atom. The molecule has 400 valence electrons. The Morgan fingerprint density at radius 1 is 0.537 bits per heavy atom. The zero-order chi connectivity index (χ0) is 49.2. The van der Waals surface area contributed by atoms with Crippen molar-refractivity contribution >= 4 is 16.3 Å². The minimum Gasteiger partial charge on any atom is -0.394 e. The lowest BCUT2D eigenvalue weighted by Crippen LogP contribution is -2.61. The summed E-state index contributed by atoms with van der Waals surface area (Å²) in [5.74, 6) is -0.663. The van der Waals surface area contributed by atoms with Gasteiger partial charge in [-0.05, 0) is 12.8 Å². The molecule has 13 nitrogen and oxygen atoms in total. The monoisotopic (exact) mass is 980 g/mol. The van der Waals surface area contributed by atoms with Crippen molar-refractivity contribution in [3.05, 3.63) is 0 Å². The average Bonchev–Trinajstić information content (AvgIpc) is 3.30. The molecule has 1 aliphatic rings. The van der Waals surface area contributed by atoms with Gasteiger partial charge in [0, 0.05) is 0 Å². The van der Waals surface area contributed by atoms with E-state index in [0.29, 0.717) is 19.3 Å². The maximum absolute atomic E-state index is 13.2. The maximum atomic E-state index is 13.2. The van der Waals surface area contributed by atoms with E-state index < -0.39 is 78.5 Å². The molecule has 0 aliphatic carbocycles. The molecule has 1 amide bonds. The zero-order valence-electron chi connectivity index (χ0n) is 42.9. The third-order valence-electron chi connectivity index (χ3n) is 13.8. The number of carbonyl (C=O) groups is 1. The van der Waals surface area contributed by atoms with E-state index >= 15 is 0 Å². The van der Waals surface area contributed by atoms with E-state index in [9.17, 15) is 43.3 Å². The van der Waals surface area contributed by atoms with Crippen LogP contribution in [0.2, 0.25) is 0 Å². The van der Waals surface area contributed by atoms with Gasteiger partial charge in [-0.2, -0.15) is 8.42 Å². The van der Waals surface area contributed by atoms with Crippen molar-refractivity contribution in [2.24, 2.45) is 0 Å². The van der Waals surface area contributed by atoms with Crippen LogP contribution in [0.4, 0.5) is 0 Å². The molecule has 0 spiro atoms. The summed E-state index contributed by atoms with van der Waals surface area (Å²) in [5.41, 5.74) is 0. The van der Waals surface area contributed by atoms with Gasteiger partial charge in [-0.3, -0.25) is 9.35 Å². The van der Waals surface area contributed by atoms with Crippen molar-refractivity contribution in [1.29, 1.82) is 0 Å². The van der Waals surface area contributed by atoms with E-state index in [1.807, 2.05) is 0 Å². The summed E-state index contributed by atoms with van der Waals surface area (Å²) < 4.78 is 47.8. The first kappa shape index (κ1) is 64.1.